The van der Waals surface area contributed by atoms with Crippen LogP contribution in [0.2, 0.25) is 0 Å². The van der Waals surface area contributed by atoms with Crippen LogP contribution in [0.3, 0.4) is 0 Å². The van der Waals surface area contributed by atoms with E-state index in [9.17, 15) is 9.59 Å². The molecule has 6 nitrogen and oxygen atoms in total. The number of carbonyl (C=O) groups is 2. The Morgan fingerprint density at radius 2 is 2.03 bits per heavy atom. The molecule has 1 aromatic heterocycles. The molecule has 4 rings (SSSR count). The summed E-state index contributed by atoms with van der Waals surface area (Å²) in [7, 11) is 1.97. The van der Waals surface area contributed by atoms with E-state index in [1.54, 1.807) is 24.3 Å². The number of nitrogens with zero attached hydrogens (tertiary/aromatic N) is 1. The molecule has 1 N–H and O–H groups in total. The molecule has 0 unspecified atom stereocenters. The van der Waals surface area contributed by atoms with Crippen molar-refractivity contribution in [2.75, 3.05) is 6.61 Å². The fourth-order valence-corrected chi connectivity index (χ4v) is 3.40. The van der Waals surface area contributed by atoms with Gasteiger partial charge in [0.05, 0.1) is 5.56 Å². The molecule has 0 saturated heterocycles. The van der Waals surface area contributed by atoms with Crippen LogP contribution in [-0.4, -0.2) is 28.9 Å². The summed E-state index contributed by atoms with van der Waals surface area (Å²) in [5, 5.41) is 3.81. The molecule has 0 saturated carbocycles. The first kappa shape index (κ1) is 18.8. The predicted octanol–water partition coefficient (Wildman–Crippen LogP) is 3.70. The van der Waals surface area contributed by atoms with E-state index >= 15 is 0 Å². The lowest BCUT2D eigenvalue weighted by Crippen LogP contribution is -2.34. The second kappa shape index (κ2) is 7.47. The number of allylic oxidation sites excluding steroid dienone is 1. The van der Waals surface area contributed by atoms with Gasteiger partial charge in [-0.1, -0.05) is 18.2 Å². The Kier molecular flexibility index (Phi) is 4.84. The maximum absolute atomic E-state index is 12.7. The van der Waals surface area contributed by atoms with Crippen LogP contribution in [0.5, 0.6) is 11.5 Å². The molecule has 6 heteroatoms. The van der Waals surface area contributed by atoms with Crippen LogP contribution >= 0.6 is 0 Å². The van der Waals surface area contributed by atoms with E-state index in [4.69, 9.17) is 9.47 Å². The monoisotopic (exact) mass is 390 g/mol. The van der Waals surface area contributed by atoms with Crippen LogP contribution in [0, 0.1) is 0 Å². The SMILES string of the molecule is CC(C)NC(=O)COc1ccc2c(c1)O/C(=C/c1cn(C)c3ccccc13)C2=O. The number of hydrogen-bond donors (Lipinski definition) is 1. The normalized spacial score (nSPS) is 14.3. The third kappa shape index (κ3) is 3.74. The summed E-state index contributed by atoms with van der Waals surface area (Å²) in [6, 6.07) is 13.0. The largest absolute Gasteiger partial charge is 0.484 e. The van der Waals surface area contributed by atoms with Gasteiger partial charge in [0.25, 0.3) is 5.91 Å². The fourth-order valence-electron chi connectivity index (χ4n) is 3.40. The van der Waals surface area contributed by atoms with Crippen molar-refractivity contribution in [2.24, 2.45) is 7.05 Å². The van der Waals surface area contributed by atoms with Crippen molar-refractivity contribution < 1.29 is 19.1 Å². The van der Waals surface area contributed by atoms with Crippen LogP contribution in [0.1, 0.15) is 29.8 Å². The number of nitrogens with one attached hydrogen (secondary N) is 1. The number of hydrogen-bond acceptors (Lipinski definition) is 4. The molecule has 0 radical (unpaired) electrons. The molecule has 0 spiro atoms. The summed E-state index contributed by atoms with van der Waals surface area (Å²) >= 11 is 0. The highest BCUT2D eigenvalue weighted by atomic mass is 16.5. The van der Waals surface area contributed by atoms with Gasteiger partial charge in [0, 0.05) is 41.8 Å². The molecular weight excluding hydrogens is 368 g/mol. The molecule has 1 aliphatic heterocycles. The lowest BCUT2D eigenvalue weighted by molar-refractivity contribution is -0.123. The number of aryl methyl sites for hydroxylation is 1. The van der Waals surface area contributed by atoms with Crippen molar-refractivity contribution >= 4 is 28.7 Å². The Balaban J connectivity index is 1.55. The number of rotatable bonds is 5. The Morgan fingerprint density at radius 1 is 1.24 bits per heavy atom. The van der Waals surface area contributed by atoms with Crippen LogP contribution in [-0.2, 0) is 11.8 Å². The van der Waals surface area contributed by atoms with E-state index in [0.717, 1.165) is 16.5 Å². The summed E-state index contributed by atoms with van der Waals surface area (Å²) in [6.07, 6.45) is 3.74. The van der Waals surface area contributed by atoms with Crippen molar-refractivity contribution in [2.45, 2.75) is 19.9 Å². The van der Waals surface area contributed by atoms with E-state index in [-0.39, 0.29) is 30.1 Å². The van der Waals surface area contributed by atoms with Crippen molar-refractivity contribution in [3.05, 3.63) is 65.5 Å². The summed E-state index contributed by atoms with van der Waals surface area (Å²) in [6.45, 7) is 3.68. The van der Waals surface area contributed by atoms with Gasteiger partial charge in [-0.25, -0.2) is 0 Å². The molecule has 0 fully saturated rings. The first-order chi connectivity index (χ1) is 13.9. The quantitative estimate of drug-likeness (QED) is 0.675. The molecular formula is C23H22N2O4. The van der Waals surface area contributed by atoms with Gasteiger partial charge < -0.3 is 19.4 Å². The van der Waals surface area contributed by atoms with Gasteiger partial charge in [0.15, 0.2) is 12.4 Å². The first-order valence-electron chi connectivity index (χ1n) is 9.47. The number of fused-ring (bicyclic) bond motifs is 2. The molecule has 0 atom stereocenters. The molecule has 2 heterocycles. The van der Waals surface area contributed by atoms with E-state index in [1.807, 2.05) is 55.9 Å². The van der Waals surface area contributed by atoms with Gasteiger partial charge in [0.2, 0.25) is 5.78 Å². The third-order valence-corrected chi connectivity index (χ3v) is 4.68. The lowest BCUT2D eigenvalue weighted by atomic mass is 10.1. The molecule has 1 aliphatic rings. The van der Waals surface area contributed by atoms with Gasteiger partial charge in [0.1, 0.15) is 11.5 Å². The summed E-state index contributed by atoms with van der Waals surface area (Å²) in [5.74, 6) is 0.808. The predicted molar refractivity (Wildman–Crippen MR) is 111 cm³/mol. The molecule has 1 amide bonds. The highest BCUT2D eigenvalue weighted by Crippen LogP contribution is 2.35. The van der Waals surface area contributed by atoms with Gasteiger partial charge in [-0.05, 0) is 38.1 Å². The van der Waals surface area contributed by atoms with E-state index < -0.39 is 0 Å². The molecule has 0 bridgehead atoms. The summed E-state index contributed by atoms with van der Waals surface area (Å²) in [5.41, 5.74) is 2.48. The number of aromatic nitrogens is 1. The summed E-state index contributed by atoms with van der Waals surface area (Å²) in [4.78, 5) is 24.5. The molecule has 2 aromatic carbocycles. The van der Waals surface area contributed by atoms with Gasteiger partial charge in [-0.15, -0.1) is 0 Å². The Labute approximate surface area is 168 Å². The molecule has 3 aromatic rings. The summed E-state index contributed by atoms with van der Waals surface area (Å²) < 4.78 is 13.3. The van der Waals surface area contributed by atoms with Crippen molar-refractivity contribution in [3.8, 4) is 11.5 Å². The maximum atomic E-state index is 12.7. The number of amides is 1. The van der Waals surface area contributed by atoms with E-state index in [2.05, 4.69) is 5.32 Å². The van der Waals surface area contributed by atoms with Crippen molar-refractivity contribution in [1.29, 1.82) is 0 Å². The second-order valence-electron chi connectivity index (χ2n) is 7.32. The van der Waals surface area contributed by atoms with E-state index in [0.29, 0.717) is 17.1 Å². The fraction of sp³-hybridized carbons (Fsp3) is 0.217. The Morgan fingerprint density at radius 3 is 2.83 bits per heavy atom. The average Bonchev–Trinajstić information content (AvgIpc) is 3.17. The smallest absolute Gasteiger partial charge is 0.258 e. The van der Waals surface area contributed by atoms with Gasteiger partial charge in [-0.2, -0.15) is 0 Å². The topological polar surface area (TPSA) is 69.6 Å². The number of Topliss-reactive ketones (excluding diaryl/α,β-unsaturated/α-hetero) is 1. The van der Waals surface area contributed by atoms with Crippen molar-refractivity contribution in [1.82, 2.24) is 9.88 Å². The average molecular weight is 390 g/mol. The van der Waals surface area contributed by atoms with Gasteiger partial charge in [-0.3, -0.25) is 9.59 Å². The zero-order chi connectivity index (χ0) is 20.5. The third-order valence-electron chi connectivity index (χ3n) is 4.68. The number of ketones is 1. The van der Waals surface area contributed by atoms with Crippen LogP contribution in [0.25, 0.3) is 17.0 Å². The zero-order valence-corrected chi connectivity index (χ0v) is 16.6. The Hall–Kier alpha value is -3.54. The van der Waals surface area contributed by atoms with E-state index in [1.165, 1.54) is 0 Å². The van der Waals surface area contributed by atoms with Crippen molar-refractivity contribution in [3.63, 3.8) is 0 Å². The molecule has 0 aliphatic carbocycles. The maximum Gasteiger partial charge on any atom is 0.258 e. The minimum Gasteiger partial charge on any atom is -0.484 e. The number of carbonyl (C=O) groups excluding carboxylic acids is 2. The van der Waals surface area contributed by atoms with Crippen LogP contribution in [0.15, 0.2) is 54.4 Å². The number of ether oxygens (including phenoxy) is 2. The zero-order valence-electron chi connectivity index (χ0n) is 16.6. The highest BCUT2D eigenvalue weighted by Gasteiger charge is 2.28. The van der Waals surface area contributed by atoms with Crippen LogP contribution in [0.4, 0.5) is 0 Å². The number of para-hydroxylation sites is 1. The molecule has 29 heavy (non-hydrogen) atoms. The Bertz CT molecular complexity index is 1140. The minimum atomic E-state index is -0.200. The lowest BCUT2D eigenvalue weighted by Gasteiger charge is -2.10. The standard InChI is InChI=1S/C23H22N2O4/c1-14(2)24-22(26)13-28-16-8-9-18-20(11-16)29-21(23(18)27)10-15-12-25(3)19-7-5-4-6-17(15)19/h4-12,14H,13H2,1-3H3,(H,24,26)/b21-10+. The second-order valence-corrected chi connectivity index (χ2v) is 7.32. The minimum absolute atomic E-state index is 0.0499. The highest BCUT2D eigenvalue weighted by molar-refractivity contribution is 6.15. The van der Waals surface area contributed by atoms with Crippen LogP contribution < -0.4 is 14.8 Å². The number of benzene rings is 2. The molecule has 148 valence electrons. The van der Waals surface area contributed by atoms with Gasteiger partial charge >= 0.3 is 0 Å². The first-order valence-corrected chi connectivity index (χ1v) is 9.47.